The van der Waals surface area contributed by atoms with Gasteiger partial charge in [0.15, 0.2) is 0 Å². The smallest absolute Gasteiger partial charge is 0.325 e. The lowest BCUT2D eigenvalue weighted by atomic mass is 9.85. The van der Waals surface area contributed by atoms with Crippen LogP contribution in [0.25, 0.3) is 0 Å². The highest BCUT2D eigenvalue weighted by molar-refractivity contribution is 5.93. The number of anilines is 1. The second-order valence-corrected chi connectivity index (χ2v) is 6.41. The number of nitrogens with one attached hydrogen (secondary N) is 2. The van der Waals surface area contributed by atoms with Crippen molar-refractivity contribution >= 4 is 23.6 Å². The number of benzene rings is 1. The number of urea groups is 1. The Hall–Kier alpha value is -2.77. The fourth-order valence-corrected chi connectivity index (χ4v) is 3.58. The molecule has 2 aliphatic heterocycles. The summed E-state index contributed by atoms with van der Waals surface area (Å²) >= 11 is 0. The quantitative estimate of drug-likeness (QED) is 0.771. The van der Waals surface area contributed by atoms with Crippen LogP contribution in [-0.4, -0.2) is 61.3 Å². The van der Waals surface area contributed by atoms with Crippen molar-refractivity contribution in [3.8, 4) is 0 Å². The van der Waals surface area contributed by atoms with Crippen LogP contribution < -0.4 is 15.5 Å². The number of para-hydroxylation sites is 1. The Morgan fingerprint density at radius 3 is 2.58 bits per heavy atom. The SMILES string of the molecule is CCOC(=O)CNC(=O)N1CCC2(CC1)C(=O)NCN2c1ccccc1. The minimum atomic E-state index is -0.626. The van der Waals surface area contributed by atoms with Crippen LogP contribution in [0.15, 0.2) is 30.3 Å². The van der Waals surface area contributed by atoms with Crippen molar-refractivity contribution < 1.29 is 19.1 Å². The molecule has 140 valence electrons. The van der Waals surface area contributed by atoms with E-state index in [1.165, 1.54) is 0 Å². The molecule has 0 aliphatic carbocycles. The standard InChI is InChI=1S/C18H24N4O4/c1-2-26-15(23)12-19-17(25)21-10-8-18(9-11-21)16(24)20-13-22(18)14-6-4-3-5-7-14/h3-7H,2,8-13H2,1H3,(H,19,25)(H,20,24). The first kappa shape index (κ1) is 18.0. The minimum absolute atomic E-state index is 0.00735. The average molecular weight is 360 g/mol. The summed E-state index contributed by atoms with van der Waals surface area (Å²) in [4.78, 5) is 39.9. The lowest BCUT2D eigenvalue weighted by Gasteiger charge is -2.43. The fourth-order valence-electron chi connectivity index (χ4n) is 3.58. The summed E-state index contributed by atoms with van der Waals surface area (Å²) in [6.07, 6.45) is 1.08. The first-order valence-electron chi connectivity index (χ1n) is 8.86. The maximum Gasteiger partial charge on any atom is 0.325 e. The molecular weight excluding hydrogens is 336 g/mol. The Kier molecular flexibility index (Phi) is 5.29. The molecule has 2 fully saturated rings. The number of hydrogen-bond acceptors (Lipinski definition) is 5. The van der Waals surface area contributed by atoms with Crippen molar-refractivity contribution in [3.63, 3.8) is 0 Å². The largest absolute Gasteiger partial charge is 0.465 e. The summed E-state index contributed by atoms with van der Waals surface area (Å²) in [6.45, 7) is 3.22. The number of amides is 3. The number of piperidine rings is 1. The normalized spacial score (nSPS) is 18.6. The first-order valence-corrected chi connectivity index (χ1v) is 8.86. The van der Waals surface area contributed by atoms with E-state index in [4.69, 9.17) is 4.74 Å². The fraction of sp³-hybridized carbons (Fsp3) is 0.500. The number of hydrogen-bond donors (Lipinski definition) is 2. The number of carbonyl (C=O) groups excluding carboxylic acids is 3. The number of carbonyl (C=O) groups is 3. The van der Waals surface area contributed by atoms with Gasteiger partial charge in [-0.1, -0.05) is 18.2 Å². The number of nitrogens with zero attached hydrogens (tertiary/aromatic N) is 2. The maximum atomic E-state index is 12.6. The molecule has 2 saturated heterocycles. The molecule has 0 atom stereocenters. The highest BCUT2D eigenvalue weighted by atomic mass is 16.5. The highest BCUT2D eigenvalue weighted by Gasteiger charge is 2.50. The van der Waals surface area contributed by atoms with Gasteiger partial charge in [-0.15, -0.1) is 0 Å². The monoisotopic (exact) mass is 360 g/mol. The molecule has 0 aromatic heterocycles. The summed E-state index contributed by atoms with van der Waals surface area (Å²) in [5, 5.41) is 5.50. The Morgan fingerprint density at radius 2 is 1.92 bits per heavy atom. The van der Waals surface area contributed by atoms with Crippen LogP contribution in [0, 0.1) is 0 Å². The topological polar surface area (TPSA) is 91.0 Å². The van der Waals surface area contributed by atoms with E-state index in [9.17, 15) is 14.4 Å². The van der Waals surface area contributed by atoms with Crippen molar-refractivity contribution in [2.45, 2.75) is 25.3 Å². The minimum Gasteiger partial charge on any atom is -0.465 e. The van der Waals surface area contributed by atoms with Gasteiger partial charge in [-0.25, -0.2) is 4.79 Å². The number of rotatable bonds is 4. The number of esters is 1. The van der Waals surface area contributed by atoms with Crippen LogP contribution in [-0.2, 0) is 14.3 Å². The van der Waals surface area contributed by atoms with Gasteiger partial charge in [0.05, 0.1) is 13.3 Å². The van der Waals surface area contributed by atoms with Crippen molar-refractivity contribution in [1.29, 1.82) is 0 Å². The molecule has 3 rings (SSSR count). The molecule has 8 heteroatoms. The van der Waals surface area contributed by atoms with Crippen LogP contribution in [0.3, 0.4) is 0 Å². The summed E-state index contributed by atoms with van der Waals surface area (Å²) in [5.74, 6) is -0.451. The third-order valence-corrected chi connectivity index (χ3v) is 4.97. The maximum absolute atomic E-state index is 12.6. The molecule has 1 aromatic carbocycles. The summed E-state index contributed by atoms with van der Waals surface area (Å²) in [6, 6.07) is 9.50. The lowest BCUT2D eigenvalue weighted by Crippen LogP contribution is -2.58. The van der Waals surface area contributed by atoms with E-state index in [1.54, 1.807) is 11.8 Å². The van der Waals surface area contributed by atoms with E-state index in [2.05, 4.69) is 15.5 Å². The number of ether oxygens (including phenoxy) is 1. The molecule has 0 saturated carbocycles. The zero-order chi connectivity index (χ0) is 18.6. The lowest BCUT2D eigenvalue weighted by molar-refractivity contribution is -0.141. The zero-order valence-corrected chi connectivity index (χ0v) is 14.9. The van der Waals surface area contributed by atoms with Gasteiger partial charge in [0.2, 0.25) is 5.91 Å². The second-order valence-electron chi connectivity index (χ2n) is 6.41. The van der Waals surface area contributed by atoms with Crippen LogP contribution in [0.2, 0.25) is 0 Å². The summed E-state index contributed by atoms with van der Waals surface area (Å²) in [7, 11) is 0. The molecule has 26 heavy (non-hydrogen) atoms. The van der Waals surface area contributed by atoms with E-state index in [1.807, 2.05) is 30.3 Å². The van der Waals surface area contributed by atoms with Gasteiger partial charge in [0.25, 0.3) is 0 Å². The predicted molar refractivity (Wildman–Crippen MR) is 95.5 cm³/mol. The Balaban J connectivity index is 1.62. The number of likely N-dealkylation sites (tertiary alicyclic amines) is 1. The van der Waals surface area contributed by atoms with Gasteiger partial charge < -0.3 is 25.2 Å². The van der Waals surface area contributed by atoms with Crippen LogP contribution in [0.4, 0.5) is 10.5 Å². The highest BCUT2D eigenvalue weighted by Crippen LogP contribution is 2.36. The molecule has 0 unspecified atom stereocenters. The van der Waals surface area contributed by atoms with Crippen molar-refractivity contribution in [2.75, 3.05) is 37.8 Å². The third-order valence-electron chi connectivity index (χ3n) is 4.97. The molecule has 0 radical (unpaired) electrons. The van der Waals surface area contributed by atoms with Crippen molar-refractivity contribution in [3.05, 3.63) is 30.3 Å². The molecule has 1 spiro atoms. The van der Waals surface area contributed by atoms with Gasteiger partial charge in [-0.2, -0.15) is 0 Å². The van der Waals surface area contributed by atoms with Crippen LogP contribution >= 0.6 is 0 Å². The van der Waals surface area contributed by atoms with Gasteiger partial charge in [-0.3, -0.25) is 9.59 Å². The molecule has 0 bridgehead atoms. The Bertz CT molecular complexity index is 671. The van der Waals surface area contributed by atoms with E-state index in [-0.39, 0.29) is 25.1 Å². The zero-order valence-electron chi connectivity index (χ0n) is 14.9. The Labute approximate surface area is 152 Å². The van der Waals surface area contributed by atoms with Crippen LogP contribution in [0.5, 0.6) is 0 Å². The van der Waals surface area contributed by atoms with Crippen molar-refractivity contribution in [1.82, 2.24) is 15.5 Å². The van der Waals surface area contributed by atoms with Gasteiger partial charge >= 0.3 is 12.0 Å². The van der Waals surface area contributed by atoms with E-state index in [0.717, 1.165) is 5.69 Å². The molecule has 8 nitrogen and oxygen atoms in total. The molecule has 2 heterocycles. The van der Waals surface area contributed by atoms with E-state index in [0.29, 0.717) is 32.6 Å². The van der Waals surface area contributed by atoms with Crippen molar-refractivity contribution in [2.24, 2.45) is 0 Å². The molecule has 3 amide bonds. The second kappa shape index (κ2) is 7.63. The first-order chi connectivity index (χ1) is 12.6. The molecule has 1 aromatic rings. The third kappa shape index (κ3) is 3.44. The molecular formula is C18H24N4O4. The van der Waals surface area contributed by atoms with Gasteiger partial charge in [-0.05, 0) is 31.9 Å². The Morgan fingerprint density at radius 1 is 1.23 bits per heavy atom. The average Bonchev–Trinajstić information content (AvgIpc) is 2.97. The molecule has 2 N–H and O–H groups in total. The van der Waals surface area contributed by atoms with Gasteiger partial charge in [0, 0.05) is 18.8 Å². The summed E-state index contributed by atoms with van der Waals surface area (Å²) in [5.41, 5.74) is 0.366. The van der Waals surface area contributed by atoms with Gasteiger partial charge in [0.1, 0.15) is 12.1 Å². The molecule has 2 aliphatic rings. The predicted octanol–water partition coefficient (Wildman–Crippen LogP) is 0.688. The van der Waals surface area contributed by atoms with Crippen LogP contribution in [0.1, 0.15) is 19.8 Å². The van der Waals surface area contributed by atoms with E-state index >= 15 is 0 Å². The summed E-state index contributed by atoms with van der Waals surface area (Å²) < 4.78 is 4.80. The van der Waals surface area contributed by atoms with E-state index < -0.39 is 11.5 Å².